The van der Waals surface area contributed by atoms with E-state index in [-0.39, 0.29) is 42.3 Å². The Kier molecular flexibility index (Phi) is 7.14. The molecule has 0 spiro atoms. The van der Waals surface area contributed by atoms with E-state index in [0.29, 0.717) is 10.9 Å². The molecule has 1 fully saturated rings. The zero-order valence-electron chi connectivity index (χ0n) is 19.4. The second-order valence-electron chi connectivity index (χ2n) is 8.66. The van der Waals surface area contributed by atoms with Gasteiger partial charge in [0.25, 0.3) is 0 Å². The standard InChI is InChI=1S/C24H25ClF2N6O3/c1-29-12-24(27)9-19(21(34)30-10-14-5-4-7-16(25)20(14)26)33(13-24)23(36)31-17-11-32(22(28)35)18-8-3-2-6-15(17)18/h2-8,11,19,29H,9-10,12-13H2,1H3,(H2,28,35)(H,30,34)(H,31,36)/t19-,24-/m0/s1. The van der Waals surface area contributed by atoms with Gasteiger partial charge in [0.1, 0.15) is 17.5 Å². The zero-order chi connectivity index (χ0) is 26.0. The number of fused-ring (bicyclic) bond motifs is 1. The predicted molar refractivity (Wildman–Crippen MR) is 132 cm³/mol. The lowest BCUT2D eigenvalue weighted by atomic mass is 10.0. The molecule has 2 heterocycles. The van der Waals surface area contributed by atoms with Crippen LogP contribution in [0.3, 0.4) is 0 Å². The molecule has 0 unspecified atom stereocenters. The molecule has 0 bridgehead atoms. The lowest BCUT2D eigenvalue weighted by molar-refractivity contribution is -0.124. The Morgan fingerprint density at radius 3 is 2.67 bits per heavy atom. The van der Waals surface area contributed by atoms with Crippen LogP contribution in [-0.4, -0.2) is 59.3 Å². The summed E-state index contributed by atoms with van der Waals surface area (Å²) in [5.41, 5.74) is 4.49. The Balaban J connectivity index is 1.56. The average molecular weight is 519 g/mol. The van der Waals surface area contributed by atoms with Gasteiger partial charge in [-0.2, -0.15) is 0 Å². The number of carbonyl (C=O) groups excluding carboxylic acids is 3. The zero-order valence-corrected chi connectivity index (χ0v) is 20.1. The number of primary amides is 1. The number of para-hydroxylation sites is 1. The van der Waals surface area contributed by atoms with E-state index < -0.39 is 35.5 Å². The predicted octanol–water partition coefficient (Wildman–Crippen LogP) is 3.21. The van der Waals surface area contributed by atoms with Crippen molar-refractivity contribution in [3.8, 4) is 0 Å². The molecule has 2 aromatic carbocycles. The van der Waals surface area contributed by atoms with Gasteiger partial charge in [-0.1, -0.05) is 41.9 Å². The molecule has 4 rings (SSSR count). The van der Waals surface area contributed by atoms with Crippen LogP contribution in [-0.2, 0) is 11.3 Å². The van der Waals surface area contributed by atoms with Gasteiger partial charge in [0, 0.05) is 36.7 Å². The quantitative estimate of drug-likeness (QED) is 0.400. The first kappa shape index (κ1) is 25.4. The number of anilines is 1. The van der Waals surface area contributed by atoms with Crippen LogP contribution in [0.2, 0.25) is 5.02 Å². The highest BCUT2D eigenvalue weighted by Gasteiger charge is 2.49. The van der Waals surface area contributed by atoms with Crippen molar-refractivity contribution in [1.29, 1.82) is 0 Å². The molecule has 9 nitrogen and oxygen atoms in total. The number of nitrogens with two attached hydrogens (primary N) is 1. The van der Waals surface area contributed by atoms with Crippen molar-refractivity contribution in [2.75, 3.05) is 25.5 Å². The van der Waals surface area contributed by atoms with Crippen LogP contribution in [0.4, 0.5) is 24.1 Å². The van der Waals surface area contributed by atoms with E-state index >= 15 is 4.39 Å². The number of nitrogens with one attached hydrogen (secondary N) is 3. The maximum Gasteiger partial charge on any atom is 0.323 e. The highest BCUT2D eigenvalue weighted by atomic mass is 35.5. The summed E-state index contributed by atoms with van der Waals surface area (Å²) in [6, 6.07) is 8.57. The molecule has 1 aromatic heterocycles. The normalized spacial score (nSPS) is 19.4. The number of nitrogens with zero attached hydrogens (tertiary/aromatic N) is 2. The monoisotopic (exact) mass is 518 g/mol. The summed E-state index contributed by atoms with van der Waals surface area (Å²) in [5.74, 6) is -1.30. The molecular formula is C24H25ClF2N6O3. The summed E-state index contributed by atoms with van der Waals surface area (Å²) in [6.07, 6.45) is 1.11. The third-order valence-electron chi connectivity index (χ3n) is 6.12. The van der Waals surface area contributed by atoms with Gasteiger partial charge in [0.05, 0.1) is 22.8 Å². The van der Waals surface area contributed by atoms with Gasteiger partial charge in [-0.3, -0.25) is 9.36 Å². The van der Waals surface area contributed by atoms with Gasteiger partial charge in [-0.25, -0.2) is 18.4 Å². The lowest BCUT2D eigenvalue weighted by Crippen LogP contribution is -2.47. The van der Waals surface area contributed by atoms with Crippen LogP contribution in [0.1, 0.15) is 12.0 Å². The second kappa shape index (κ2) is 10.1. The number of rotatable bonds is 6. The number of aromatic nitrogens is 1. The van der Waals surface area contributed by atoms with Crippen molar-refractivity contribution in [2.24, 2.45) is 5.73 Å². The van der Waals surface area contributed by atoms with E-state index in [1.165, 1.54) is 22.9 Å². The van der Waals surface area contributed by atoms with E-state index in [2.05, 4.69) is 16.0 Å². The Morgan fingerprint density at radius 1 is 1.19 bits per heavy atom. The topological polar surface area (TPSA) is 121 Å². The van der Waals surface area contributed by atoms with Crippen LogP contribution in [0.5, 0.6) is 0 Å². The number of alkyl halides is 1. The van der Waals surface area contributed by atoms with Gasteiger partial charge >= 0.3 is 12.1 Å². The number of carbonyl (C=O) groups is 3. The van der Waals surface area contributed by atoms with Crippen LogP contribution in [0.15, 0.2) is 48.7 Å². The molecule has 190 valence electrons. The van der Waals surface area contributed by atoms with Gasteiger partial charge in [0.2, 0.25) is 5.91 Å². The van der Waals surface area contributed by atoms with Crippen molar-refractivity contribution >= 4 is 46.2 Å². The van der Waals surface area contributed by atoms with Gasteiger partial charge < -0.3 is 26.6 Å². The molecule has 1 saturated heterocycles. The first-order valence-electron chi connectivity index (χ1n) is 11.1. The number of amides is 4. The van der Waals surface area contributed by atoms with E-state index in [0.717, 1.165) is 4.90 Å². The third-order valence-corrected chi connectivity index (χ3v) is 6.41. The van der Waals surface area contributed by atoms with Crippen LogP contribution in [0, 0.1) is 5.82 Å². The second-order valence-corrected chi connectivity index (χ2v) is 9.07. The molecular weight excluding hydrogens is 494 g/mol. The van der Waals surface area contributed by atoms with Crippen LogP contribution in [0.25, 0.3) is 10.9 Å². The summed E-state index contributed by atoms with van der Waals surface area (Å²) in [6.45, 7) is -0.614. The number of likely N-dealkylation sites (tertiary alicyclic amines) is 1. The molecule has 5 N–H and O–H groups in total. The minimum Gasteiger partial charge on any atom is -0.351 e. The lowest BCUT2D eigenvalue weighted by Gasteiger charge is -2.24. The SMILES string of the molecule is CNC[C@@]1(F)C[C@@H](C(=O)NCc2cccc(Cl)c2F)N(C(=O)Nc2cn(C(N)=O)c3ccccc23)C1. The summed E-state index contributed by atoms with van der Waals surface area (Å²) < 4.78 is 30.9. The summed E-state index contributed by atoms with van der Waals surface area (Å²) in [7, 11) is 1.57. The average Bonchev–Trinajstić information content (AvgIpc) is 3.38. The van der Waals surface area contributed by atoms with E-state index in [1.807, 2.05) is 0 Å². The minimum absolute atomic E-state index is 0.0789. The highest BCUT2D eigenvalue weighted by Crippen LogP contribution is 2.32. The molecule has 2 atom stereocenters. The van der Waals surface area contributed by atoms with Crippen LogP contribution >= 0.6 is 11.6 Å². The minimum atomic E-state index is -1.86. The van der Waals surface area contributed by atoms with E-state index in [9.17, 15) is 18.8 Å². The number of hydrogen-bond acceptors (Lipinski definition) is 4. The van der Waals surface area contributed by atoms with Crippen molar-refractivity contribution in [3.63, 3.8) is 0 Å². The number of urea groups is 1. The van der Waals surface area contributed by atoms with E-state index in [1.54, 1.807) is 37.4 Å². The Hall–Kier alpha value is -3.70. The summed E-state index contributed by atoms with van der Waals surface area (Å²) in [4.78, 5) is 39.2. The molecule has 0 saturated carbocycles. The molecule has 0 aliphatic carbocycles. The summed E-state index contributed by atoms with van der Waals surface area (Å²) >= 11 is 5.80. The highest BCUT2D eigenvalue weighted by molar-refractivity contribution is 6.30. The maximum absolute atomic E-state index is 15.5. The summed E-state index contributed by atoms with van der Waals surface area (Å²) in [5, 5.41) is 8.45. The van der Waals surface area contributed by atoms with Crippen molar-refractivity contribution in [2.45, 2.75) is 24.7 Å². The van der Waals surface area contributed by atoms with Crippen LogP contribution < -0.4 is 21.7 Å². The Labute approximate surface area is 210 Å². The fourth-order valence-electron chi connectivity index (χ4n) is 4.46. The molecule has 36 heavy (non-hydrogen) atoms. The first-order valence-corrected chi connectivity index (χ1v) is 11.5. The molecule has 0 radical (unpaired) electrons. The van der Waals surface area contributed by atoms with Crippen molar-refractivity contribution < 1.29 is 23.2 Å². The number of benzene rings is 2. The van der Waals surface area contributed by atoms with Gasteiger partial charge in [-0.15, -0.1) is 0 Å². The van der Waals surface area contributed by atoms with E-state index in [4.69, 9.17) is 17.3 Å². The molecule has 3 aromatic rings. The molecule has 1 aliphatic rings. The number of halogens is 3. The fourth-order valence-corrected chi connectivity index (χ4v) is 4.66. The maximum atomic E-state index is 15.5. The first-order chi connectivity index (χ1) is 17.1. The Bertz CT molecular complexity index is 1330. The molecule has 12 heteroatoms. The van der Waals surface area contributed by atoms with Crippen molar-refractivity contribution in [3.05, 3.63) is 65.1 Å². The van der Waals surface area contributed by atoms with Gasteiger partial charge in [0.15, 0.2) is 0 Å². The smallest absolute Gasteiger partial charge is 0.323 e. The number of hydrogen-bond donors (Lipinski definition) is 4. The fraction of sp³-hybridized carbons (Fsp3) is 0.292. The van der Waals surface area contributed by atoms with Gasteiger partial charge in [-0.05, 0) is 19.2 Å². The third kappa shape index (κ3) is 4.98. The molecule has 1 aliphatic heterocycles. The van der Waals surface area contributed by atoms with Crippen molar-refractivity contribution in [1.82, 2.24) is 20.1 Å². The largest absolute Gasteiger partial charge is 0.351 e. The molecule has 4 amide bonds. The Morgan fingerprint density at radius 2 is 1.94 bits per heavy atom.